The van der Waals surface area contributed by atoms with Gasteiger partial charge in [0.2, 0.25) is 11.1 Å². The minimum absolute atomic E-state index is 0.103. The molecule has 4 heterocycles. The molecule has 10 heteroatoms. The van der Waals surface area contributed by atoms with Crippen molar-refractivity contribution in [3.63, 3.8) is 0 Å². The third-order valence-corrected chi connectivity index (χ3v) is 5.32. The molecule has 0 aliphatic heterocycles. The highest BCUT2D eigenvalue weighted by Crippen LogP contribution is 2.30. The smallest absolute Gasteiger partial charge is 0.226 e. The average molecular weight is 413 g/mol. The number of furan rings is 2. The van der Waals surface area contributed by atoms with Gasteiger partial charge < -0.3 is 14.2 Å². The number of carbonyl (C=O) groups is 1. The second-order valence-electron chi connectivity index (χ2n) is 5.69. The Morgan fingerprint density at radius 1 is 1.11 bits per heavy atom. The van der Waals surface area contributed by atoms with E-state index in [0.717, 1.165) is 5.69 Å². The lowest BCUT2D eigenvalue weighted by Gasteiger charge is -2.05. The molecular formula is C18H15N5O3S2. The highest BCUT2D eigenvalue weighted by molar-refractivity contribution is 7.99. The van der Waals surface area contributed by atoms with E-state index in [1.165, 1.54) is 23.1 Å². The topological polar surface area (TPSA) is 107 Å². The Balaban J connectivity index is 1.44. The number of nitrogens with one attached hydrogen (secondary N) is 1. The second kappa shape index (κ2) is 8.36. The third-order valence-electron chi connectivity index (χ3n) is 3.60. The molecule has 4 aromatic rings. The van der Waals surface area contributed by atoms with E-state index in [0.29, 0.717) is 45.4 Å². The predicted molar refractivity (Wildman–Crippen MR) is 106 cm³/mol. The summed E-state index contributed by atoms with van der Waals surface area (Å²) in [4.78, 5) is 20.8. The monoisotopic (exact) mass is 413 g/mol. The van der Waals surface area contributed by atoms with Gasteiger partial charge in [-0.25, -0.2) is 9.97 Å². The van der Waals surface area contributed by atoms with Crippen LogP contribution in [0, 0.1) is 6.92 Å². The van der Waals surface area contributed by atoms with Gasteiger partial charge in [0.25, 0.3) is 0 Å². The van der Waals surface area contributed by atoms with Crippen molar-refractivity contribution in [3.05, 3.63) is 47.9 Å². The second-order valence-corrected chi connectivity index (χ2v) is 7.61. The third kappa shape index (κ3) is 4.29. The zero-order valence-corrected chi connectivity index (χ0v) is 16.4. The number of amides is 1. The van der Waals surface area contributed by atoms with E-state index in [-0.39, 0.29) is 5.91 Å². The molecule has 0 unspecified atom stereocenters. The van der Waals surface area contributed by atoms with Gasteiger partial charge >= 0.3 is 0 Å². The summed E-state index contributed by atoms with van der Waals surface area (Å²) in [5.41, 5.74) is 1.93. The van der Waals surface area contributed by atoms with Crippen molar-refractivity contribution in [2.24, 2.45) is 0 Å². The van der Waals surface area contributed by atoms with Crippen LogP contribution in [0.3, 0.4) is 0 Å². The van der Waals surface area contributed by atoms with Crippen molar-refractivity contribution in [1.82, 2.24) is 20.2 Å². The quantitative estimate of drug-likeness (QED) is 0.448. The van der Waals surface area contributed by atoms with E-state index < -0.39 is 0 Å². The minimum Gasteiger partial charge on any atom is -0.463 e. The summed E-state index contributed by atoms with van der Waals surface area (Å²) in [7, 11) is 0. The maximum Gasteiger partial charge on any atom is 0.226 e. The summed E-state index contributed by atoms with van der Waals surface area (Å²) in [6.07, 6.45) is 3.44. The molecule has 0 atom stereocenters. The zero-order chi connectivity index (χ0) is 19.3. The van der Waals surface area contributed by atoms with Crippen LogP contribution >= 0.6 is 23.1 Å². The van der Waals surface area contributed by atoms with E-state index in [1.54, 1.807) is 36.8 Å². The zero-order valence-electron chi connectivity index (χ0n) is 14.8. The molecule has 0 fully saturated rings. The Hall–Kier alpha value is -2.98. The summed E-state index contributed by atoms with van der Waals surface area (Å²) in [5.74, 6) is 1.53. The number of carbonyl (C=O) groups excluding carboxylic acids is 1. The lowest BCUT2D eigenvalue weighted by molar-refractivity contribution is -0.115. The van der Waals surface area contributed by atoms with Crippen LogP contribution in [0.1, 0.15) is 12.1 Å². The van der Waals surface area contributed by atoms with E-state index in [4.69, 9.17) is 8.83 Å². The molecule has 4 aromatic heterocycles. The molecule has 0 bridgehead atoms. The number of hydrogen-bond acceptors (Lipinski definition) is 9. The van der Waals surface area contributed by atoms with Crippen molar-refractivity contribution < 1.29 is 13.6 Å². The van der Waals surface area contributed by atoms with E-state index in [9.17, 15) is 4.79 Å². The van der Waals surface area contributed by atoms with Gasteiger partial charge in [-0.15, -0.1) is 21.5 Å². The highest BCUT2D eigenvalue weighted by Gasteiger charge is 2.18. The SMILES string of the molecule is Cc1csc(NC(=O)CCSc2nnc(-c3ccco3)c(-c3ccco3)n2)n1. The number of rotatable bonds is 7. The standard InChI is InChI=1S/C18H15N5O3S2/c1-11-10-28-17(19-11)20-14(24)6-9-27-18-21-15(12-4-2-7-25-12)16(22-23-18)13-5-3-8-26-13/h2-5,7-8,10H,6,9H2,1H3,(H,19,20,24). The molecular weight excluding hydrogens is 398 g/mol. The van der Waals surface area contributed by atoms with Crippen molar-refractivity contribution >= 4 is 34.1 Å². The van der Waals surface area contributed by atoms with Crippen LogP contribution in [0.5, 0.6) is 0 Å². The molecule has 28 heavy (non-hydrogen) atoms. The van der Waals surface area contributed by atoms with Crippen LogP contribution < -0.4 is 5.32 Å². The van der Waals surface area contributed by atoms with Gasteiger partial charge in [-0.2, -0.15) is 0 Å². The van der Waals surface area contributed by atoms with Crippen molar-refractivity contribution in [2.75, 3.05) is 11.1 Å². The average Bonchev–Trinajstić information content (AvgIpc) is 3.45. The molecule has 0 aliphatic carbocycles. The number of anilines is 1. The van der Waals surface area contributed by atoms with Crippen molar-refractivity contribution in [1.29, 1.82) is 0 Å². The molecule has 142 valence electrons. The van der Waals surface area contributed by atoms with E-state index in [1.807, 2.05) is 12.3 Å². The van der Waals surface area contributed by atoms with Gasteiger partial charge in [0.1, 0.15) is 5.69 Å². The fourth-order valence-corrected chi connectivity index (χ4v) is 3.79. The van der Waals surface area contributed by atoms with Crippen LogP contribution in [0.4, 0.5) is 5.13 Å². The first kappa shape index (κ1) is 18.4. The van der Waals surface area contributed by atoms with Crippen molar-refractivity contribution in [2.45, 2.75) is 18.5 Å². The summed E-state index contributed by atoms with van der Waals surface area (Å²) >= 11 is 2.75. The fraction of sp³-hybridized carbons (Fsp3) is 0.167. The van der Waals surface area contributed by atoms with Gasteiger partial charge in [-0.3, -0.25) is 4.79 Å². The van der Waals surface area contributed by atoms with Gasteiger partial charge in [-0.1, -0.05) is 11.8 Å². The molecule has 1 amide bonds. The summed E-state index contributed by atoms with van der Waals surface area (Å²) in [6, 6.07) is 7.14. The Bertz CT molecular complexity index is 1060. The van der Waals surface area contributed by atoms with Crippen LogP contribution in [-0.4, -0.2) is 31.8 Å². The Kier molecular flexibility index (Phi) is 5.49. The first-order valence-corrected chi connectivity index (χ1v) is 10.2. The Morgan fingerprint density at radius 2 is 1.86 bits per heavy atom. The first-order chi connectivity index (χ1) is 13.7. The lowest BCUT2D eigenvalue weighted by Crippen LogP contribution is -2.12. The number of thioether (sulfide) groups is 1. The van der Waals surface area contributed by atoms with E-state index >= 15 is 0 Å². The largest absolute Gasteiger partial charge is 0.463 e. The number of thiazole rings is 1. The minimum atomic E-state index is -0.103. The summed E-state index contributed by atoms with van der Waals surface area (Å²) in [5, 5.41) is 14.1. The first-order valence-electron chi connectivity index (χ1n) is 8.36. The molecule has 0 aliphatic rings. The molecule has 4 rings (SSSR count). The van der Waals surface area contributed by atoms with Crippen LogP contribution in [0.25, 0.3) is 22.9 Å². The Morgan fingerprint density at radius 3 is 2.50 bits per heavy atom. The van der Waals surface area contributed by atoms with Crippen LogP contribution in [0.15, 0.2) is 56.2 Å². The molecule has 0 saturated heterocycles. The maximum absolute atomic E-state index is 12.0. The predicted octanol–water partition coefficient (Wildman–Crippen LogP) is 4.28. The summed E-state index contributed by atoms with van der Waals surface area (Å²) < 4.78 is 10.9. The maximum atomic E-state index is 12.0. The number of hydrogen-bond donors (Lipinski definition) is 1. The Labute approximate surface area is 168 Å². The molecule has 0 radical (unpaired) electrons. The number of aromatic nitrogens is 4. The number of nitrogens with zero attached hydrogens (tertiary/aromatic N) is 4. The molecule has 0 spiro atoms. The van der Waals surface area contributed by atoms with Crippen LogP contribution in [0.2, 0.25) is 0 Å². The van der Waals surface area contributed by atoms with Gasteiger partial charge in [0.05, 0.1) is 18.2 Å². The molecule has 1 N–H and O–H groups in total. The molecule has 0 aromatic carbocycles. The molecule has 8 nitrogen and oxygen atoms in total. The van der Waals surface area contributed by atoms with Gasteiger partial charge in [0, 0.05) is 17.6 Å². The highest BCUT2D eigenvalue weighted by atomic mass is 32.2. The van der Waals surface area contributed by atoms with Gasteiger partial charge in [0.15, 0.2) is 22.3 Å². The normalized spacial score (nSPS) is 10.9. The van der Waals surface area contributed by atoms with E-state index in [2.05, 4.69) is 25.5 Å². The fourth-order valence-electron chi connectivity index (χ4n) is 2.36. The van der Waals surface area contributed by atoms with Gasteiger partial charge in [-0.05, 0) is 31.2 Å². The van der Waals surface area contributed by atoms with Crippen LogP contribution in [-0.2, 0) is 4.79 Å². The molecule has 0 saturated carbocycles. The number of aryl methyl sites for hydroxylation is 1. The van der Waals surface area contributed by atoms with Crippen molar-refractivity contribution in [3.8, 4) is 22.9 Å². The summed E-state index contributed by atoms with van der Waals surface area (Å²) in [6.45, 7) is 1.88. The lowest BCUT2D eigenvalue weighted by atomic mass is 10.2.